The number of para-hydroxylation sites is 2. The highest BCUT2D eigenvalue weighted by Gasteiger charge is 2.26. The number of fused-ring (bicyclic) bond motifs is 1. The number of ether oxygens (including phenoxy) is 1. The summed E-state index contributed by atoms with van der Waals surface area (Å²) in [6.45, 7) is 0.738. The first kappa shape index (κ1) is 15.1. The van der Waals surface area contributed by atoms with E-state index in [9.17, 15) is 4.79 Å². The zero-order valence-corrected chi connectivity index (χ0v) is 13.0. The van der Waals surface area contributed by atoms with Crippen LogP contribution in [0.4, 0.5) is 11.4 Å². The summed E-state index contributed by atoms with van der Waals surface area (Å²) in [5, 5.41) is 4.31. The number of carbonyl (C=O) groups excluding carboxylic acids is 1. The van der Waals surface area contributed by atoms with Crippen molar-refractivity contribution in [1.82, 2.24) is 0 Å². The van der Waals surface area contributed by atoms with Crippen molar-refractivity contribution in [2.75, 3.05) is 24.0 Å². The van der Waals surface area contributed by atoms with E-state index in [-0.39, 0.29) is 5.84 Å². The van der Waals surface area contributed by atoms with Crippen molar-refractivity contribution in [3.8, 4) is 0 Å². The fourth-order valence-corrected chi connectivity index (χ4v) is 2.69. The summed E-state index contributed by atoms with van der Waals surface area (Å²) in [4.78, 5) is 14.1. The lowest BCUT2D eigenvalue weighted by molar-refractivity contribution is -0.132. The van der Waals surface area contributed by atoms with Crippen LogP contribution < -0.4 is 10.3 Å². The standard InChI is InChI=1S/C18H19N3O2/c1-23-18(22)17(20-19-15-10-3-2-4-11-15)21-13-7-9-14-8-5-6-12-16(14)21/h2-6,8,10-12,19H,7,9,13H2,1H3/b20-17+. The maximum atomic E-state index is 12.2. The SMILES string of the molecule is COC(=O)/C(=N\Nc1ccccc1)N1CCCc2ccccc21. The van der Waals surface area contributed by atoms with Gasteiger partial charge in [0.25, 0.3) is 0 Å². The molecule has 1 N–H and O–H groups in total. The number of aryl methyl sites for hydroxylation is 1. The lowest BCUT2D eigenvalue weighted by Crippen LogP contribution is -2.41. The largest absolute Gasteiger partial charge is 0.463 e. The first-order valence-corrected chi connectivity index (χ1v) is 7.62. The van der Waals surface area contributed by atoms with Crippen LogP contribution in [-0.4, -0.2) is 25.5 Å². The molecule has 0 aromatic heterocycles. The Morgan fingerprint density at radius 3 is 2.65 bits per heavy atom. The predicted octanol–water partition coefficient (Wildman–Crippen LogP) is 3.04. The number of nitrogens with zero attached hydrogens (tertiary/aromatic N) is 2. The van der Waals surface area contributed by atoms with E-state index in [4.69, 9.17) is 4.74 Å². The zero-order chi connectivity index (χ0) is 16.1. The van der Waals surface area contributed by atoms with Crippen LogP contribution in [0, 0.1) is 0 Å². The van der Waals surface area contributed by atoms with Crippen LogP contribution in [0.25, 0.3) is 0 Å². The molecule has 0 spiro atoms. The van der Waals surface area contributed by atoms with Gasteiger partial charge < -0.3 is 9.64 Å². The van der Waals surface area contributed by atoms with Crippen LogP contribution in [0.1, 0.15) is 12.0 Å². The minimum atomic E-state index is -0.454. The van der Waals surface area contributed by atoms with Crippen LogP contribution in [0.5, 0.6) is 0 Å². The third-order valence-electron chi connectivity index (χ3n) is 3.80. The number of esters is 1. The van der Waals surface area contributed by atoms with Gasteiger partial charge in [-0.15, -0.1) is 5.10 Å². The second kappa shape index (κ2) is 6.96. The fourth-order valence-electron chi connectivity index (χ4n) is 2.69. The Bertz CT molecular complexity index is 713. The van der Waals surface area contributed by atoms with Crippen molar-refractivity contribution in [3.05, 3.63) is 60.2 Å². The van der Waals surface area contributed by atoms with Crippen LogP contribution in [-0.2, 0) is 16.0 Å². The number of anilines is 2. The average Bonchev–Trinajstić information content (AvgIpc) is 2.62. The molecule has 0 saturated heterocycles. The molecule has 118 valence electrons. The number of hydrogen-bond acceptors (Lipinski definition) is 4. The molecule has 0 atom stereocenters. The molecular formula is C18H19N3O2. The van der Waals surface area contributed by atoms with E-state index in [1.165, 1.54) is 12.7 Å². The van der Waals surface area contributed by atoms with Crippen LogP contribution in [0.3, 0.4) is 0 Å². The maximum absolute atomic E-state index is 12.2. The number of hydrogen-bond donors (Lipinski definition) is 1. The zero-order valence-electron chi connectivity index (χ0n) is 13.0. The van der Waals surface area contributed by atoms with E-state index in [0.29, 0.717) is 0 Å². The Morgan fingerprint density at radius 1 is 1.13 bits per heavy atom. The summed E-state index contributed by atoms with van der Waals surface area (Å²) in [6, 6.07) is 17.6. The summed E-state index contributed by atoms with van der Waals surface area (Å²) < 4.78 is 4.92. The summed E-state index contributed by atoms with van der Waals surface area (Å²) in [5.74, 6) is -0.186. The lowest BCUT2D eigenvalue weighted by atomic mass is 10.0. The molecule has 0 bridgehead atoms. The third-order valence-corrected chi connectivity index (χ3v) is 3.80. The molecule has 0 aliphatic carbocycles. The summed E-state index contributed by atoms with van der Waals surface area (Å²) in [6.07, 6.45) is 1.98. The van der Waals surface area contributed by atoms with Crippen molar-refractivity contribution in [1.29, 1.82) is 0 Å². The van der Waals surface area contributed by atoms with Gasteiger partial charge >= 0.3 is 5.97 Å². The van der Waals surface area contributed by atoms with Gasteiger partial charge in [-0.2, -0.15) is 0 Å². The maximum Gasteiger partial charge on any atom is 0.376 e. The molecule has 0 saturated carbocycles. The van der Waals surface area contributed by atoms with E-state index >= 15 is 0 Å². The van der Waals surface area contributed by atoms with Crippen LogP contribution >= 0.6 is 0 Å². The van der Waals surface area contributed by atoms with Gasteiger partial charge in [0.05, 0.1) is 12.8 Å². The summed E-state index contributed by atoms with van der Waals surface area (Å²) in [7, 11) is 1.37. The van der Waals surface area contributed by atoms with E-state index in [2.05, 4.69) is 16.6 Å². The number of nitrogens with one attached hydrogen (secondary N) is 1. The van der Waals surface area contributed by atoms with E-state index in [1.807, 2.05) is 53.4 Å². The van der Waals surface area contributed by atoms with Gasteiger partial charge in [-0.3, -0.25) is 5.43 Å². The van der Waals surface area contributed by atoms with Crippen molar-refractivity contribution >= 4 is 23.2 Å². The topological polar surface area (TPSA) is 53.9 Å². The molecule has 0 fully saturated rings. The Morgan fingerprint density at radius 2 is 1.87 bits per heavy atom. The smallest absolute Gasteiger partial charge is 0.376 e. The quantitative estimate of drug-likeness (QED) is 0.401. The normalized spacial score (nSPS) is 14.1. The van der Waals surface area contributed by atoms with Gasteiger partial charge in [-0.1, -0.05) is 36.4 Å². The molecule has 0 amide bonds. The molecular weight excluding hydrogens is 290 g/mol. The lowest BCUT2D eigenvalue weighted by Gasteiger charge is -2.30. The minimum Gasteiger partial charge on any atom is -0.463 e. The van der Waals surface area contributed by atoms with Gasteiger partial charge in [0.15, 0.2) is 0 Å². The van der Waals surface area contributed by atoms with Crippen molar-refractivity contribution < 1.29 is 9.53 Å². The molecule has 0 radical (unpaired) electrons. The van der Waals surface area contributed by atoms with E-state index in [0.717, 1.165) is 30.8 Å². The highest BCUT2D eigenvalue weighted by molar-refractivity contribution is 6.41. The molecule has 2 aromatic carbocycles. The second-order valence-electron chi connectivity index (χ2n) is 5.29. The summed E-state index contributed by atoms with van der Waals surface area (Å²) >= 11 is 0. The Hall–Kier alpha value is -2.82. The molecule has 2 aromatic rings. The highest BCUT2D eigenvalue weighted by Crippen LogP contribution is 2.27. The van der Waals surface area contributed by atoms with Crippen LogP contribution in [0.15, 0.2) is 59.7 Å². The second-order valence-corrected chi connectivity index (χ2v) is 5.29. The molecule has 1 aliphatic heterocycles. The van der Waals surface area contributed by atoms with Gasteiger partial charge in [0.1, 0.15) is 0 Å². The van der Waals surface area contributed by atoms with Crippen LogP contribution in [0.2, 0.25) is 0 Å². The average molecular weight is 309 g/mol. The molecule has 23 heavy (non-hydrogen) atoms. The number of amidine groups is 1. The number of carbonyl (C=O) groups is 1. The van der Waals surface area contributed by atoms with E-state index < -0.39 is 5.97 Å². The molecule has 5 nitrogen and oxygen atoms in total. The molecule has 5 heteroatoms. The monoisotopic (exact) mass is 309 g/mol. The number of methoxy groups -OCH3 is 1. The number of benzene rings is 2. The van der Waals surface area contributed by atoms with Gasteiger partial charge in [-0.05, 0) is 36.6 Å². The van der Waals surface area contributed by atoms with Gasteiger partial charge in [0.2, 0.25) is 5.84 Å². The molecule has 0 unspecified atom stereocenters. The number of hydrazone groups is 1. The molecule has 1 aliphatic rings. The molecule has 3 rings (SSSR count). The van der Waals surface area contributed by atoms with Crippen molar-refractivity contribution in [3.63, 3.8) is 0 Å². The Labute approximate surface area is 135 Å². The Balaban J connectivity index is 1.93. The highest BCUT2D eigenvalue weighted by atomic mass is 16.5. The third kappa shape index (κ3) is 3.34. The van der Waals surface area contributed by atoms with Gasteiger partial charge in [-0.25, -0.2) is 4.79 Å². The van der Waals surface area contributed by atoms with Crippen molar-refractivity contribution in [2.24, 2.45) is 5.10 Å². The predicted molar refractivity (Wildman–Crippen MR) is 91.6 cm³/mol. The first-order valence-electron chi connectivity index (χ1n) is 7.62. The molecule has 1 heterocycles. The van der Waals surface area contributed by atoms with Gasteiger partial charge in [0, 0.05) is 12.2 Å². The fraction of sp³-hybridized carbons (Fsp3) is 0.222. The van der Waals surface area contributed by atoms with E-state index in [1.54, 1.807) is 0 Å². The number of rotatable bonds is 2. The Kier molecular flexibility index (Phi) is 4.57. The first-order chi connectivity index (χ1) is 11.3. The minimum absolute atomic E-state index is 0.267. The van der Waals surface area contributed by atoms with Crippen molar-refractivity contribution in [2.45, 2.75) is 12.8 Å². The summed E-state index contributed by atoms with van der Waals surface area (Å²) in [5.41, 5.74) is 5.98.